The standard InChI is InChI=1S/C18H26N2O4S/c1-2-25(22,23)17-7-3-5-15(13-17)18(21)20-8-4-6-16(20)14-19-9-11-24-12-10-19/h3,5,7,13,16H,2,4,6,8-12,14H2,1H3. The quantitative estimate of drug-likeness (QED) is 0.788. The molecule has 0 N–H and O–H groups in total. The Bertz CT molecular complexity index is 714. The van der Waals surface area contributed by atoms with Crippen LogP contribution in [0.4, 0.5) is 0 Å². The average molecular weight is 366 g/mol. The highest BCUT2D eigenvalue weighted by Crippen LogP contribution is 2.23. The van der Waals surface area contributed by atoms with Crippen LogP contribution in [0.5, 0.6) is 0 Å². The number of hydrogen-bond donors (Lipinski definition) is 0. The zero-order valence-electron chi connectivity index (χ0n) is 14.7. The maximum atomic E-state index is 13.0. The molecule has 7 heteroatoms. The Hall–Kier alpha value is -1.44. The lowest BCUT2D eigenvalue weighted by Crippen LogP contribution is -2.46. The van der Waals surface area contributed by atoms with Crippen molar-refractivity contribution in [1.29, 1.82) is 0 Å². The highest BCUT2D eigenvalue weighted by Gasteiger charge is 2.31. The third kappa shape index (κ3) is 4.22. The lowest BCUT2D eigenvalue weighted by molar-refractivity contribution is 0.0261. The number of rotatable bonds is 5. The van der Waals surface area contributed by atoms with Gasteiger partial charge in [0.25, 0.3) is 5.91 Å². The Morgan fingerprint density at radius 1 is 1.24 bits per heavy atom. The van der Waals surface area contributed by atoms with E-state index in [-0.39, 0.29) is 22.6 Å². The van der Waals surface area contributed by atoms with Gasteiger partial charge in [-0.05, 0) is 31.0 Å². The highest BCUT2D eigenvalue weighted by molar-refractivity contribution is 7.91. The predicted octanol–water partition coefficient (Wildman–Crippen LogP) is 1.42. The summed E-state index contributed by atoms with van der Waals surface area (Å²) >= 11 is 0. The molecule has 3 rings (SSSR count). The second-order valence-corrected chi connectivity index (χ2v) is 8.92. The first-order valence-corrected chi connectivity index (χ1v) is 10.6. The van der Waals surface area contributed by atoms with E-state index in [1.165, 1.54) is 6.07 Å². The van der Waals surface area contributed by atoms with Gasteiger partial charge < -0.3 is 9.64 Å². The van der Waals surface area contributed by atoms with E-state index in [1.807, 2.05) is 4.90 Å². The number of hydrogen-bond acceptors (Lipinski definition) is 5. The van der Waals surface area contributed by atoms with Gasteiger partial charge >= 0.3 is 0 Å². The van der Waals surface area contributed by atoms with Crippen molar-refractivity contribution in [2.24, 2.45) is 0 Å². The Morgan fingerprint density at radius 3 is 2.72 bits per heavy atom. The van der Waals surface area contributed by atoms with Crippen LogP contribution in [0.25, 0.3) is 0 Å². The van der Waals surface area contributed by atoms with Crippen molar-refractivity contribution in [2.45, 2.75) is 30.7 Å². The van der Waals surface area contributed by atoms with Gasteiger partial charge in [0.15, 0.2) is 9.84 Å². The Balaban J connectivity index is 1.74. The van der Waals surface area contributed by atoms with Crippen LogP contribution in [0.2, 0.25) is 0 Å². The fourth-order valence-corrected chi connectivity index (χ4v) is 4.46. The largest absolute Gasteiger partial charge is 0.379 e. The molecule has 0 saturated carbocycles. The molecule has 138 valence electrons. The van der Waals surface area contributed by atoms with Gasteiger partial charge in [-0.3, -0.25) is 9.69 Å². The molecule has 6 nitrogen and oxygen atoms in total. The molecule has 0 aromatic heterocycles. The number of nitrogens with zero attached hydrogens (tertiary/aromatic N) is 2. The lowest BCUT2D eigenvalue weighted by atomic mass is 10.1. The summed E-state index contributed by atoms with van der Waals surface area (Å²) in [6, 6.07) is 6.64. The van der Waals surface area contributed by atoms with Gasteiger partial charge in [0.05, 0.1) is 23.9 Å². The van der Waals surface area contributed by atoms with Crippen LogP contribution in [0.15, 0.2) is 29.2 Å². The summed E-state index contributed by atoms with van der Waals surface area (Å²) in [5, 5.41) is 0. The number of sulfone groups is 1. The molecule has 0 spiro atoms. The smallest absolute Gasteiger partial charge is 0.254 e. The fourth-order valence-electron chi connectivity index (χ4n) is 3.53. The van der Waals surface area contributed by atoms with Gasteiger partial charge in [-0.2, -0.15) is 0 Å². The van der Waals surface area contributed by atoms with Crippen molar-refractivity contribution in [3.8, 4) is 0 Å². The van der Waals surface area contributed by atoms with Crippen molar-refractivity contribution in [1.82, 2.24) is 9.80 Å². The van der Waals surface area contributed by atoms with E-state index in [1.54, 1.807) is 25.1 Å². The molecule has 2 saturated heterocycles. The molecule has 1 unspecified atom stereocenters. The molecule has 1 aromatic carbocycles. The van der Waals surface area contributed by atoms with Crippen molar-refractivity contribution in [3.63, 3.8) is 0 Å². The number of benzene rings is 1. The van der Waals surface area contributed by atoms with Crippen LogP contribution in [0, 0.1) is 0 Å². The Kier molecular flexibility index (Phi) is 5.76. The van der Waals surface area contributed by atoms with E-state index in [2.05, 4.69) is 4.90 Å². The van der Waals surface area contributed by atoms with Crippen LogP contribution in [0.1, 0.15) is 30.1 Å². The van der Waals surface area contributed by atoms with Gasteiger partial charge in [0.1, 0.15) is 0 Å². The van der Waals surface area contributed by atoms with Gasteiger partial charge in [-0.1, -0.05) is 13.0 Å². The first-order valence-electron chi connectivity index (χ1n) is 8.95. The molecule has 0 aliphatic carbocycles. The highest BCUT2D eigenvalue weighted by atomic mass is 32.2. The van der Waals surface area contributed by atoms with E-state index in [4.69, 9.17) is 4.74 Å². The maximum Gasteiger partial charge on any atom is 0.254 e. The Morgan fingerprint density at radius 2 is 2.00 bits per heavy atom. The number of amides is 1. The summed E-state index contributed by atoms with van der Waals surface area (Å²) in [7, 11) is -3.31. The van der Waals surface area contributed by atoms with E-state index < -0.39 is 9.84 Å². The molecule has 2 heterocycles. The zero-order chi connectivity index (χ0) is 17.9. The molecule has 1 aromatic rings. The molecular weight excluding hydrogens is 340 g/mol. The molecule has 25 heavy (non-hydrogen) atoms. The van der Waals surface area contributed by atoms with Crippen molar-refractivity contribution in [2.75, 3.05) is 45.1 Å². The van der Waals surface area contributed by atoms with Gasteiger partial charge in [0.2, 0.25) is 0 Å². The monoisotopic (exact) mass is 366 g/mol. The van der Waals surface area contributed by atoms with Crippen molar-refractivity contribution >= 4 is 15.7 Å². The lowest BCUT2D eigenvalue weighted by Gasteiger charge is -2.33. The van der Waals surface area contributed by atoms with Gasteiger partial charge in [-0.25, -0.2) is 8.42 Å². The summed E-state index contributed by atoms with van der Waals surface area (Å²) in [5.74, 6) is -0.0301. The fraction of sp³-hybridized carbons (Fsp3) is 0.611. The van der Waals surface area contributed by atoms with Crippen LogP contribution in [0.3, 0.4) is 0 Å². The SMILES string of the molecule is CCS(=O)(=O)c1cccc(C(=O)N2CCCC2CN2CCOCC2)c1. The number of morpholine rings is 1. The average Bonchev–Trinajstić information content (AvgIpc) is 3.10. The number of likely N-dealkylation sites (tertiary alicyclic amines) is 1. The van der Waals surface area contributed by atoms with E-state index in [0.29, 0.717) is 5.56 Å². The normalized spacial score (nSPS) is 22.3. The van der Waals surface area contributed by atoms with Crippen molar-refractivity contribution in [3.05, 3.63) is 29.8 Å². The molecule has 1 amide bonds. The summed E-state index contributed by atoms with van der Waals surface area (Å²) < 4.78 is 29.5. The second kappa shape index (κ2) is 7.85. The first-order chi connectivity index (χ1) is 12.0. The minimum Gasteiger partial charge on any atom is -0.379 e. The summed E-state index contributed by atoms with van der Waals surface area (Å²) in [5.41, 5.74) is 0.461. The predicted molar refractivity (Wildman–Crippen MR) is 95.5 cm³/mol. The Labute approximate surface area is 149 Å². The molecule has 2 fully saturated rings. The topological polar surface area (TPSA) is 66.9 Å². The zero-order valence-corrected chi connectivity index (χ0v) is 15.5. The second-order valence-electron chi connectivity index (χ2n) is 6.64. The van der Waals surface area contributed by atoms with Crippen LogP contribution < -0.4 is 0 Å². The molecule has 2 aliphatic rings. The molecule has 1 atom stereocenters. The number of ether oxygens (including phenoxy) is 1. The molecule has 2 aliphatic heterocycles. The molecule has 0 bridgehead atoms. The summed E-state index contributed by atoms with van der Waals surface area (Å²) in [4.78, 5) is 17.4. The van der Waals surface area contributed by atoms with E-state index in [9.17, 15) is 13.2 Å². The van der Waals surface area contributed by atoms with Gasteiger partial charge in [-0.15, -0.1) is 0 Å². The number of carbonyl (C=O) groups excluding carboxylic acids is 1. The summed E-state index contributed by atoms with van der Waals surface area (Å²) in [6.45, 7) is 6.52. The van der Waals surface area contributed by atoms with E-state index >= 15 is 0 Å². The van der Waals surface area contributed by atoms with Crippen molar-refractivity contribution < 1.29 is 17.9 Å². The van der Waals surface area contributed by atoms with Crippen LogP contribution in [-0.2, 0) is 14.6 Å². The summed E-state index contributed by atoms with van der Waals surface area (Å²) in [6.07, 6.45) is 1.99. The van der Waals surface area contributed by atoms with Crippen LogP contribution in [-0.4, -0.2) is 75.3 Å². The first kappa shape index (κ1) is 18.4. The van der Waals surface area contributed by atoms with Gasteiger partial charge in [0, 0.05) is 37.8 Å². The third-order valence-electron chi connectivity index (χ3n) is 5.03. The molecular formula is C18H26N2O4S. The van der Waals surface area contributed by atoms with Crippen LogP contribution >= 0.6 is 0 Å². The maximum absolute atomic E-state index is 13.0. The molecule has 0 radical (unpaired) electrons. The van der Waals surface area contributed by atoms with E-state index in [0.717, 1.165) is 52.2 Å². The third-order valence-corrected chi connectivity index (χ3v) is 6.76. The minimum absolute atomic E-state index is 0.0357. The number of carbonyl (C=O) groups is 1. The minimum atomic E-state index is -3.31.